The number of hydrogen-bond acceptors (Lipinski definition) is 7. The topological polar surface area (TPSA) is 102 Å². The van der Waals surface area contributed by atoms with Gasteiger partial charge in [0.15, 0.2) is 11.0 Å². The molecule has 5 rings (SSSR count). The Morgan fingerprint density at radius 3 is 2.49 bits per heavy atom. The Hall–Kier alpha value is -4.58. The molecule has 1 N–H and O–H groups in total. The number of benzene rings is 3. The fourth-order valence-corrected chi connectivity index (χ4v) is 5.13. The van der Waals surface area contributed by atoms with E-state index in [-0.39, 0.29) is 29.6 Å². The predicted octanol–water partition coefficient (Wildman–Crippen LogP) is 4.50. The van der Waals surface area contributed by atoms with Crippen LogP contribution >= 0.6 is 11.8 Å². The highest BCUT2D eigenvalue weighted by Gasteiger charge is 2.33. The number of nitrogens with one attached hydrogen (secondary N) is 1. The lowest BCUT2D eigenvalue weighted by Crippen LogP contribution is -2.28. The minimum atomic E-state index is -0.500. The number of hydrogen-bond donors (Lipinski definition) is 1. The van der Waals surface area contributed by atoms with Gasteiger partial charge in [-0.05, 0) is 65.7 Å². The van der Waals surface area contributed by atoms with Crippen molar-refractivity contribution in [2.24, 2.45) is 12.1 Å². The molecule has 3 aromatic carbocycles. The highest BCUT2D eigenvalue weighted by molar-refractivity contribution is 7.99. The molecule has 0 saturated heterocycles. The molecule has 0 saturated carbocycles. The quantitative estimate of drug-likeness (QED) is 0.295. The van der Waals surface area contributed by atoms with Gasteiger partial charge in [-0.2, -0.15) is 5.10 Å². The van der Waals surface area contributed by atoms with Crippen LogP contribution in [-0.4, -0.2) is 50.2 Å². The molecule has 1 aliphatic heterocycles. The van der Waals surface area contributed by atoms with Crippen LogP contribution in [0.4, 0.5) is 8.78 Å². The molecular formula is C29H26F2N6O3S. The lowest BCUT2D eigenvalue weighted by molar-refractivity contribution is -0.130. The molecule has 1 atom stereocenters. The van der Waals surface area contributed by atoms with Crippen LogP contribution in [0, 0.1) is 11.6 Å². The fourth-order valence-electron chi connectivity index (χ4n) is 4.35. The van der Waals surface area contributed by atoms with E-state index in [0.717, 1.165) is 22.9 Å². The van der Waals surface area contributed by atoms with E-state index in [2.05, 4.69) is 20.6 Å². The molecule has 0 spiro atoms. The maximum Gasteiger partial charge on any atom is 0.253 e. The minimum Gasteiger partial charge on any atom is -0.497 e. The lowest BCUT2D eigenvalue weighted by atomic mass is 9.98. The summed E-state index contributed by atoms with van der Waals surface area (Å²) in [6.45, 7) is 0.0711. The van der Waals surface area contributed by atoms with Crippen molar-refractivity contribution in [2.75, 3.05) is 12.9 Å². The van der Waals surface area contributed by atoms with Gasteiger partial charge in [0.1, 0.15) is 17.4 Å². The number of rotatable bonds is 9. The highest BCUT2D eigenvalue weighted by Crippen LogP contribution is 2.34. The van der Waals surface area contributed by atoms with Crippen LogP contribution in [0.15, 0.2) is 83.1 Å². The lowest BCUT2D eigenvalue weighted by Gasteiger charge is -2.22. The number of amides is 2. The summed E-state index contributed by atoms with van der Waals surface area (Å²) in [5.41, 5.74) is 2.56. The molecule has 2 heterocycles. The van der Waals surface area contributed by atoms with Crippen LogP contribution in [0.5, 0.6) is 5.75 Å². The Kier molecular flexibility index (Phi) is 8.39. The minimum absolute atomic E-state index is 0.0265. The van der Waals surface area contributed by atoms with Crippen LogP contribution in [0.1, 0.15) is 39.8 Å². The van der Waals surface area contributed by atoms with Crippen molar-refractivity contribution < 1.29 is 23.1 Å². The molecule has 1 unspecified atom stereocenters. The predicted molar refractivity (Wildman–Crippen MR) is 149 cm³/mol. The first-order valence-electron chi connectivity index (χ1n) is 12.7. The molecule has 12 heteroatoms. The van der Waals surface area contributed by atoms with E-state index in [0.29, 0.717) is 23.2 Å². The SMILES string of the molecule is COc1ccc(C2=NN(C(=O)CSc3nnc(CNC(=O)c4cccc(F)c4)n3C)C(c3ccc(F)cc3)C2)cc1. The van der Waals surface area contributed by atoms with Crippen molar-refractivity contribution in [1.29, 1.82) is 0 Å². The van der Waals surface area contributed by atoms with E-state index in [1.165, 1.54) is 47.1 Å². The summed E-state index contributed by atoms with van der Waals surface area (Å²) >= 11 is 1.19. The van der Waals surface area contributed by atoms with E-state index in [4.69, 9.17) is 4.74 Å². The molecule has 4 aromatic rings. The maximum atomic E-state index is 13.6. The highest BCUT2D eigenvalue weighted by atomic mass is 32.2. The van der Waals surface area contributed by atoms with Gasteiger partial charge in [-0.3, -0.25) is 9.59 Å². The van der Waals surface area contributed by atoms with Crippen LogP contribution in [0.2, 0.25) is 0 Å². The fraction of sp³-hybridized carbons (Fsp3) is 0.207. The summed E-state index contributed by atoms with van der Waals surface area (Å²) in [6.07, 6.45) is 0.466. The molecule has 2 amide bonds. The van der Waals surface area contributed by atoms with E-state index < -0.39 is 17.8 Å². The van der Waals surface area contributed by atoms with E-state index in [1.54, 1.807) is 30.9 Å². The standard InChI is InChI=1S/C29H26F2N6O3S/c1-36-26(16-32-28(39)20-4-3-5-22(31)14-20)33-34-29(36)41-17-27(38)37-25(19-6-10-21(30)11-7-19)15-24(35-37)18-8-12-23(40-2)13-9-18/h3-14,25H,15-17H2,1-2H3,(H,32,39). The first-order valence-corrected chi connectivity index (χ1v) is 13.6. The number of carbonyl (C=O) groups is 2. The van der Waals surface area contributed by atoms with Crippen LogP contribution in [0.25, 0.3) is 0 Å². The molecule has 1 aliphatic rings. The normalized spacial score (nSPS) is 14.6. The summed E-state index contributed by atoms with van der Waals surface area (Å²) < 4.78 is 34.0. The van der Waals surface area contributed by atoms with E-state index in [9.17, 15) is 18.4 Å². The van der Waals surface area contributed by atoms with Gasteiger partial charge in [-0.1, -0.05) is 30.0 Å². The molecule has 210 valence electrons. The third kappa shape index (κ3) is 6.43. The van der Waals surface area contributed by atoms with Crippen molar-refractivity contribution in [3.05, 3.63) is 107 Å². The number of aromatic nitrogens is 3. The largest absolute Gasteiger partial charge is 0.497 e. The first kappa shape index (κ1) is 28.0. The van der Waals surface area contributed by atoms with Gasteiger partial charge in [0, 0.05) is 19.0 Å². The molecule has 9 nitrogen and oxygen atoms in total. The Morgan fingerprint density at radius 1 is 1.02 bits per heavy atom. The summed E-state index contributed by atoms with van der Waals surface area (Å²) in [6, 6.07) is 18.5. The zero-order valence-electron chi connectivity index (χ0n) is 22.3. The number of ether oxygens (including phenoxy) is 1. The Bertz CT molecular complexity index is 1590. The molecule has 0 bridgehead atoms. The second-order valence-electron chi connectivity index (χ2n) is 9.22. The molecule has 0 radical (unpaired) electrons. The molecule has 1 aromatic heterocycles. The molecule has 41 heavy (non-hydrogen) atoms. The second kappa shape index (κ2) is 12.3. The number of thioether (sulfide) groups is 1. The smallest absolute Gasteiger partial charge is 0.253 e. The van der Waals surface area contributed by atoms with Crippen molar-refractivity contribution in [2.45, 2.75) is 24.2 Å². The zero-order chi connectivity index (χ0) is 28.9. The number of nitrogens with zero attached hydrogens (tertiary/aromatic N) is 5. The van der Waals surface area contributed by atoms with Crippen LogP contribution < -0.4 is 10.1 Å². The second-order valence-corrected chi connectivity index (χ2v) is 10.2. The average Bonchev–Trinajstić information content (AvgIpc) is 3.59. The summed E-state index contributed by atoms with van der Waals surface area (Å²) in [5, 5.41) is 17.5. The van der Waals surface area contributed by atoms with Gasteiger partial charge in [-0.25, -0.2) is 13.8 Å². The Balaban J connectivity index is 1.27. The van der Waals surface area contributed by atoms with Crippen molar-refractivity contribution in [1.82, 2.24) is 25.1 Å². The Labute approximate surface area is 239 Å². The Morgan fingerprint density at radius 2 is 1.78 bits per heavy atom. The summed E-state index contributed by atoms with van der Waals surface area (Å²) in [4.78, 5) is 25.8. The number of carbonyl (C=O) groups excluding carboxylic acids is 2. The van der Waals surface area contributed by atoms with Gasteiger partial charge in [0.25, 0.3) is 11.8 Å². The van der Waals surface area contributed by atoms with E-state index in [1.807, 2.05) is 24.3 Å². The van der Waals surface area contributed by atoms with Gasteiger partial charge < -0.3 is 14.6 Å². The maximum absolute atomic E-state index is 13.6. The number of halogens is 2. The van der Waals surface area contributed by atoms with Gasteiger partial charge >= 0.3 is 0 Å². The number of hydrazone groups is 1. The molecule has 0 aliphatic carbocycles. The molecule has 0 fully saturated rings. The third-order valence-corrected chi connectivity index (χ3v) is 7.59. The zero-order valence-corrected chi connectivity index (χ0v) is 23.1. The van der Waals surface area contributed by atoms with Crippen molar-refractivity contribution in [3.63, 3.8) is 0 Å². The van der Waals surface area contributed by atoms with Gasteiger partial charge in [0.2, 0.25) is 0 Å². The van der Waals surface area contributed by atoms with Crippen molar-refractivity contribution in [3.8, 4) is 5.75 Å². The van der Waals surface area contributed by atoms with Crippen LogP contribution in [0.3, 0.4) is 0 Å². The summed E-state index contributed by atoms with van der Waals surface area (Å²) in [5.74, 6) is -0.349. The van der Waals surface area contributed by atoms with Gasteiger partial charge in [-0.15, -0.1) is 10.2 Å². The third-order valence-electron chi connectivity index (χ3n) is 6.59. The molecular weight excluding hydrogens is 550 g/mol. The first-order chi connectivity index (χ1) is 19.8. The monoisotopic (exact) mass is 576 g/mol. The van der Waals surface area contributed by atoms with Crippen molar-refractivity contribution >= 4 is 29.3 Å². The van der Waals surface area contributed by atoms with E-state index >= 15 is 0 Å². The average molecular weight is 577 g/mol. The van der Waals surface area contributed by atoms with Gasteiger partial charge in [0.05, 0.1) is 31.2 Å². The number of methoxy groups -OCH3 is 1. The summed E-state index contributed by atoms with van der Waals surface area (Å²) in [7, 11) is 3.32. The van der Waals surface area contributed by atoms with Crippen LogP contribution in [-0.2, 0) is 18.4 Å².